The second kappa shape index (κ2) is 8.84. The van der Waals surface area contributed by atoms with Crippen LogP contribution < -0.4 is 15.5 Å². The number of amides is 1. The Hall–Kier alpha value is -2.63. The maximum Gasteiger partial charge on any atom is 0.254 e. The Morgan fingerprint density at radius 2 is 1.81 bits per heavy atom. The van der Waals surface area contributed by atoms with Gasteiger partial charge in [0.1, 0.15) is 0 Å². The van der Waals surface area contributed by atoms with Crippen LogP contribution in [0.5, 0.6) is 0 Å². The van der Waals surface area contributed by atoms with Crippen LogP contribution in [0.3, 0.4) is 0 Å². The third-order valence-corrected chi connectivity index (χ3v) is 5.19. The van der Waals surface area contributed by atoms with Crippen LogP contribution in [-0.2, 0) is 0 Å². The number of aromatic nitrogens is 2. The summed E-state index contributed by atoms with van der Waals surface area (Å²) in [6.45, 7) is 8.34. The molecule has 3 rings (SSSR count). The fraction of sp³-hybridized carbons (Fsp3) is 0.476. The van der Waals surface area contributed by atoms with Crippen LogP contribution in [0.15, 0.2) is 30.6 Å². The quantitative estimate of drug-likeness (QED) is 0.773. The van der Waals surface area contributed by atoms with Crippen molar-refractivity contribution in [1.82, 2.24) is 15.3 Å². The molecule has 1 fully saturated rings. The Kier molecular flexibility index (Phi) is 6.27. The fourth-order valence-electron chi connectivity index (χ4n) is 3.54. The minimum absolute atomic E-state index is 0.0896. The number of nitrogens with zero attached hydrogens (tertiary/aromatic N) is 3. The summed E-state index contributed by atoms with van der Waals surface area (Å²) in [4.78, 5) is 23.2. The summed E-state index contributed by atoms with van der Waals surface area (Å²) < 4.78 is 0. The Morgan fingerprint density at radius 1 is 1.15 bits per heavy atom. The van der Waals surface area contributed by atoms with E-state index < -0.39 is 0 Å². The number of carbonyl (C=O) groups excluding carboxylic acids is 1. The van der Waals surface area contributed by atoms with Gasteiger partial charge in [0.25, 0.3) is 5.91 Å². The van der Waals surface area contributed by atoms with Gasteiger partial charge in [-0.25, -0.2) is 9.97 Å². The van der Waals surface area contributed by atoms with Gasteiger partial charge in [-0.05, 0) is 57.4 Å². The van der Waals surface area contributed by atoms with Crippen molar-refractivity contribution in [2.45, 2.75) is 52.5 Å². The van der Waals surface area contributed by atoms with Gasteiger partial charge in [0, 0.05) is 42.9 Å². The van der Waals surface area contributed by atoms with E-state index in [2.05, 4.69) is 58.4 Å². The van der Waals surface area contributed by atoms with Crippen molar-refractivity contribution in [2.75, 3.05) is 23.3 Å². The normalized spacial score (nSPS) is 14.2. The van der Waals surface area contributed by atoms with E-state index in [1.54, 1.807) is 12.4 Å². The third kappa shape index (κ3) is 4.76. The van der Waals surface area contributed by atoms with E-state index >= 15 is 0 Å². The highest BCUT2D eigenvalue weighted by atomic mass is 16.1. The SMILES string of the molecule is CCN(CC)c1ccc(Nc2ncc(C(=O)NC3CCCC3)cn2)c(C)c1. The maximum absolute atomic E-state index is 12.3. The maximum atomic E-state index is 12.3. The summed E-state index contributed by atoms with van der Waals surface area (Å²) in [6, 6.07) is 6.61. The molecule has 1 saturated carbocycles. The van der Waals surface area contributed by atoms with Gasteiger partial charge in [-0.2, -0.15) is 0 Å². The lowest BCUT2D eigenvalue weighted by atomic mass is 10.1. The van der Waals surface area contributed by atoms with Crippen molar-refractivity contribution >= 4 is 23.2 Å². The van der Waals surface area contributed by atoms with Crippen LogP contribution in [0.1, 0.15) is 55.5 Å². The van der Waals surface area contributed by atoms with Crippen molar-refractivity contribution in [3.05, 3.63) is 41.7 Å². The van der Waals surface area contributed by atoms with Crippen molar-refractivity contribution in [1.29, 1.82) is 0 Å². The van der Waals surface area contributed by atoms with Gasteiger partial charge >= 0.3 is 0 Å². The molecule has 144 valence electrons. The molecule has 2 aromatic rings. The highest BCUT2D eigenvalue weighted by Gasteiger charge is 2.18. The number of anilines is 3. The Morgan fingerprint density at radius 3 is 2.41 bits per heavy atom. The molecule has 1 heterocycles. The minimum atomic E-state index is -0.0896. The van der Waals surface area contributed by atoms with Crippen molar-refractivity contribution < 1.29 is 4.79 Å². The van der Waals surface area contributed by atoms with Gasteiger partial charge in [-0.1, -0.05) is 12.8 Å². The molecule has 0 unspecified atom stereocenters. The molecule has 6 nitrogen and oxygen atoms in total. The largest absolute Gasteiger partial charge is 0.372 e. The summed E-state index contributed by atoms with van der Waals surface area (Å²) in [5.74, 6) is 0.402. The number of nitrogens with one attached hydrogen (secondary N) is 2. The van der Waals surface area contributed by atoms with E-state index in [1.165, 1.54) is 18.5 Å². The van der Waals surface area contributed by atoms with Gasteiger partial charge in [0.2, 0.25) is 5.95 Å². The first-order valence-electron chi connectivity index (χ1n) is 9.86. The Bertz CT molecular complexity index is 765. The number of hydrogen-bond donors (Lipinski definition) is 2. The van der Waals surface area contributed by atoms with E-state index in [-0.39, 0.29) is 5.91 Å². The summed E-state index contributed by atoms with van der Waals surface area (Å²) in [5, 5.41) is 6.30. The van der Waals surface area contributed by atoms with Gasteiger partial charge in [0.15, 0.2) is 0 Å². The van der Waals surface area contributed by atoms with Crippen LogP contribution in [0.4, 0.5) is 17.3 Å². The van der Waals surface area contributed by atoms with Gasteiger partial charge in [-0.15, -0.1) is 0 Å². The van der Waals surface area contributed by atoms with E-state index in [1.807, 2.05) is 6.07 Å². The van der Waals surface area contributed by atoms with Crippen LogP contribution in [0, 0.1) is 6.92 Å². The van der Waals surface area contributed by atoms with E-state index in [0.717, 1.165) is 37.2 Å². The second-order valence-electron chi connectivity index (χ2n) is 7.05. The Labute approximate surface area is 161 Å². The zero-order valence-electron chi connectivity index (χ0n) is 16.5. The molecule has 1 aromatic carbocycles. The van der Waals surface area contributed by atoms with Gasteiger partial charge in [0.05, 0.1) is 5.56 Å². The summed E-state index contributed by atoms with van der Waals surface area (Å²) in [7, 11) is 0. The molecule has 0 spiro atoms. The average molecular weight is 367 g/mol. The number of carbonyl (C=O) groups is 1. The molecule has 0 atom stereocenters. The molecule has 2 N–H and O–H groups in total. The summed E-state index contributed by atoms with van der Waals surface area (Å²) in [6.07, 6.45) is 7.68. The summed E-state index contributed by atoms with van der Waals surface area (Å²) >= 11 is 0. The number of benzene rings is 1. The van der Waals surface area contributed by atoms with Crippen LogP contribution in [0.25, 0.3) is 0 Å². The van der Waals surface area contributed by atoms with Crippen LogP contribution >= 0.6 is 0 Å². The smallest absolute Gasteiger partial charge is 0.254 e. The molecule has 0 saturated heterocycles. The number of hydrogen-bond acceptors (Lipinski definition) is 5. The molecular weight excluding hydrogens is 338 g/mol. The van der Waals surface area contributed by atoms with E-state index in [9.17, 15) is 4.79 Å². The molecule has 1 aromatic heterocycles. The molecule has 1 amide bonds. The van der Waals surface area contributed by atoms with Crippen molar-refractivity contribution in [3.63, 3.8) is 0 Å². The zero-order chi connectivity index (χ0) is 19.2. The fourth-order valence-corrected chi connectivity index (χ4v) is 3.54. The van der Waals surface area contributed by atoms with Gasteiger partial charge < -0.3 is 15.5 Å². The molecule has 1 aliphatic rings. The van der Waals surface area contributed by atoms with Gasteiger partial charge in [-0.3, -0.25) is 4.79 Å². The monoisotopic (exact) mass is 367 g/mol. The standard InChI is InChI=1S/C21H29N5O/c1-4-26(5-2)18-10-11-19(15(3)12-18)25-21-22-13-16(14-23-21)20(27)24-17-8-6-7-9-17/h10-14,17H,4-9H2,1-3H3,(H,24,27)(H,22,23,25). The van der Waals surface area contributed by atoms with E-state index in [4.69, 9.17) is 0 Å². The van der Waals surface area contributed by atoms with E-state index in [0.29, 0.717) is 17.6 Å². The van der Waals surface area contributed by atoms with Crippen molar-refractivity contribution in [2.24, 2.45) is 0 Å². The minimum Gasteiger partial charge on any atom is -0.372 e. The molecule has 27 heavy (non-hydrogen) atoms. The predicted molar refractivity (Wildman–Crippen MR) is 110 cm³/mol. The zero-order valence-corrected chi connectivity index (χ0v) is 16.5. The molecule has 0 aliphatic heterocycles. The lowest BCUT2D eigenvalue weighted by molar-refractivity contribution is 0.0937. The summed E-state index contributed by atoms with van der Waals surface area (Å²) in [5.41, 5.74) is 3.81. The predicted octanol–water partition coefficient (Wildman–Crippen LogP) is 4.05. The molecule has 1 aliphatic carbocycles. The topological polar surface area (TPSA) is 70.2 Å². The Balaban J connectivity index is 1.64. The average Bonchev–Trinajstić information content (AvgIpc) is 3.18. The molecule has 6 heteroatoms. The highest BCUT2D eigenvalue weighted by Crippen LogP contribution is 2.24. The molecule has 0 radical (unpaired) electrons. The highest BCUT2D eigenvalue weighted by molar-refractivity contribution is 5.93. The number of rotatable bonds is 7. The lowest BCUT2D eigenvalue weighted by Gasteiger charge is -2.22. The first-order valence-corrected chi connectivity index (χ1v) is 9.86. The van der Waals surface area contributed by atoms with Crippen LogP contribution in [-0.4, -0.2) is 35.0 Å². The van der Waals surface area contributed by atoms with Crippen LogP contribution in [0.2, 0.25) is 0 Å². The second-order valence-corrected chi connectivity index (χ2v) is 7.05. The lowest BCUT2D eigenvalue weighted by Crippen LogP contribution is -2.32. The first kappa shape index (κ1) is 19.1. The molecule has 0 bridgehead atoms. The molecular formula is C21H29N5O. The number of aryl methyl sites for hydroxylation is 1. The third-order valence-electron chi connectivity index (χ3n) is 5.19. The first-order chi connectivity index (χ1) is 13.1. The van der Waals surface area contributed by atoms with Crippen molar-refractivity contribution in [3.8, 4) is 0 Å².